The summed E-state index contributed by atoms with van der Waals surface area (Å²) in [5, 5.41) is 1.42. The van der Waals surface area contributed by atoms with Gasteiger partial charge in [0.05, 0.1) is 30.9 Å². The Balaban J connectivity index is 1.30. The molecule has 8 nitrogen and oxygen atoms in total. The number of carbonyl (C=O) groups is 1. The molecular formula is C26H26N4O4S2. The highest BCUT2D eigenvalue weighted by Gasteiger charge is 2.24. The molecular weight excluding hydrogens is 496 g/mol. The molecule has 10 heteroatoms. The number of thioether (sulfide) groups is 1. The third-order valence-electron chi connectivity index (χ3n) is 6.62. The van der Waals surface area contributed by atoms with E-state index in [1.807, 2.05) is 30.3 Å². The molecule has 6 rings (SSSR count). The largest absolute Gasteiger partial charge is 0.447 e. The zero-order valence-corrected chi connectivity index (χ0v) is 21.4. The Morgan fingerprint density at radius 1 is 1.08 bits per heavy atom. The first-order valence-electron chi connectivity index (χ1n) is 12.2. The van der Waals surface area contributed by atoms with Crippen LogP contribution in [-0.4, -0.2) is 51.6 Å². The van der Waals surface area contributed by atoms with Crippen LogP contribution in [0.2, 0.25) is 0 Å². The minimum atomic E-state index is -0.150. The summed E-state index contributed by atoms with van der Waals surface area (Å²) in [5.41, 5.74) is 2.54. The second-order valence-corrected chi connectivity index (χ2v) is 11.0. The average Bonchev–Trinajstić information content (AvgIpc) is 3.55. The standard InChI is InChI=1S/C26H26N4O4S2/c31-24(29-10-12-33-13-11-29)19-15-34-21(27-19)16-35-26-28-23-22(18-8-4-5-9-20(18)36-23)25(32)30(26)14-17-6-2-1-3-7-17/h1-3,6-7,15H,4-5,8-14,16H2. The second kappa shape index (κ2) is 10.2. The fourth-order valence-corrected chi connectivity index (χ4v) is 6.92. The van der Waals surface area contributed by atoms with Gasteiger partial charge in [-0.1, -0.05) is 42.1 Å². The zero-order chi connectivity index (χ0) is 24.5. The van der Waals surface area contributed by atoms with Crippen LogP contribution in [0.3, 0.4) is 0 Å². The maximum Gasteiger partial charge on any atom is 0.275 e. The fourth-order valence-electron chi connectivity index (χ4n) is 4.77. The number of rotatable bonds is 6. The van der Waals surface area contributed by atoms with Crippen LogP contribution in [0.15, 0.2) is 51.0 Å². The number of ether oxygens (including phenoxy) is 1. The molecule has 36 heavy (non-hydrogen) atoms. The Kier molecular flexibility index (Phi) is 6.64. The van der Waals surface area contributed by atoms with Crippen molar-refractivity contribution in [2.75, 3.05) is 26.3 Å². The van der Waals surface area contributed by atoms with E-state index in [9.17, 15) is 9.59 Å². The van der Waals surface area contributed by atoms with E-state index in [4.69, 9.17) is 14.1 Å². The van der Waals surface area contributed by atoms with Crippen LogP contribution >= 0.6 is 23.1 Å². The summed E-state index contributed by atoms with van der Waals surface area (Å²) in [7, 11) is 0. The van der Waals surface area contributed by atoms with Crippen LogP contribution < -0.4 is 5.56 Å². The lowest BCUT2D eigenvalue weighted by atomic mass is 9.97. The molecule has 3 aromatic heterocycles. The summed E-state index contributed by atoms with van der Waals surface area (Å²) in [4.78, 5) is 39.7. The van der Waals surface area contributed by atoms with Gasteiger partial charge < -0.3 is 14.1 Å². The van der Waals surface area contributed by atoms with Crippen molar-refractivity contribution in [3.8, 4) is 0 Å². The highest BCUT2D eigenvalue weighted by molar-refractivity contribution is 7.98. The van der Waals surface area contributed by atoms with Crippen molar-refractivity contribution in [1.29, 1.82) is 0 Å². The fraction of sp³-hybridized carbons (Fsp3) is 0.385. The predicted octanol–water partition coefficient (Wildman–Crippen LogP) is 4.14. The van der Waals surface area contributed by atoms with Crippen LogP contribution in [0, 0.1) is 0 Å². The molecule has 0 unspecified atom stereocenters. The van der Waals surface area contributed by atoms with Gasteiger partial charge in [0, 0.05) is 18.0 Å². The molecule has 0 saturated carbocycles. The first-order valence-corrected chi connectivity index (χ1v) is 14.0. The van der Waals surface area contributed by atoms with Crippen LogP contribution in [0.1, 0.15) is 45.2 Å². The number of carbonyl (C=O) groups excluding carboxylic acids is 1. The van der Waals surface area contributed by atoms with Gasteiger partial charge in [-0.05, 0) is 36.8 Å². The van der Waals surface area contributed by atoms with Crippen LogP contribution in [0.5, 0.6) is 0 Å². The normalized spacial score (nSPS) is 15.8. The number of benzene rings is 1. The number of fused-ring (bicyclic) bond motifs is 3. The first-order chi connectivity index (χ1) is 17.7. The van der Waals surface area contributed by atoms with Gasteiger partial charge in [0.25, 0.3) is 11.5 Å². The lowest BCUT2D eigenvalue weighted by molar-refractivity contribution is 0.0299. The SMILES string of the molecule is O=C(c1coc(CSc2nc3sc4c(c3c(=O)n2Cc2ccccc2)CCCC4)n1)N1CCOCC1. The number of hydrogen-bond acceptors (Lipinski definition) is 8. The molecule has 1 saturated heterocycles. The summed E-state index contributed by atoms with van der Waals surface area (Å²) < 4.78 is 12.7. The molecule has 186 valence electrons. The number of oxazole rings is 1. The van der Waals surface area contributed by atoms with Gasteiger partial charge in [0.15, 0.2) is 10.9 Å². The summed E-state index contributed by atoms with van der Waals surface area (Å²) in [6.45, 7) is 2.62. The summed E-state index contributed by atoms with van der Waals surface area (Å²) in [6, 6.07) is 9.96. The smallest absolute Gasteiger partial charge is 0.275 e. The van der Waals surface area contributed by atoms with Crippen LogP contribution in [-0.2, 0) is 29.9 Å². The number of amides is 1. The third-order valence-corrected chi connectivity index (χ3v) is 8.76. The molecule has 0 bridgehead atoms. The Labute approximate surface area is 216 Å². The van der Waals surface area contributed by atoms with Crippen LogP contribution in [0.25, 0.3) is 10.2 Å². The molecule has 0 spiro atoms. The van der Waals surface area contributed by atoms with Crippen molar-refractivity contribution in [2.24, 2.45) is 0 Å². The molecule has 4 aromatic rings. The first kappa shape index (κ1) is 23.4. The van der Waals surface area contributed by atoms with Gasteiger partial charge in [0.1, 0.15) is 11.1 Å². The molecule has 4 heterocycles. The Morgan fingerprint density at radius 3 is 2.72 bits per heavy atom. The van der Waals surface area contributed by atoms with E-state index >= 15 is 0 Å². The van der Waals surface area contributed by atoms with E-state index in [0.29, 0.717) is 55.3 Å². The second-order valence-electron chi connectivity index (χ2n) is 8.98. The zero-order valence-electron chi connectivity index (χ0n) is 19.8. The van der Waals surface area contributed by atoms with Crippen LogP contribution in [0.4, 0.5) is 0 Å². The monoisotopic (exact) mass is 522 g/mol. The maximum absolute atomic E-state index is 13.8. The number of thiophene rings is 1. The van der Waals surface area contributed by atoms with Gasteiger partial charge in [-0.2, -0.15) is 0 Å². The summed E-state index contributed by atoms with van der Waals surface area (Å²) in [5.74, 6) is 0.652. The topological polar surface area (TPSA) is 90.5 Å². The van der Waals surface area contributed by atoms with Gasteiger partial charge in [-0.15, -0.1) is 11.3 Å². The molecule has 0 atom stereocenters. The lowest BCUT2D eigenvalue weighted by Crippen LogP contribution is -2.40. The van der Waals surface area contributed by atoms with Crippen molar-refractivity contribution < 1.29 is 13.9 Å². The molecule has 1 aliphatic carbocycles. The number of aromatic nitrogens is 3. The molecule has 1 amide bonds. The Hall–Kier alpha value is -2.95. The molecule has 1 aliphatic heterocycles. The van der Waals surface area contributed by atoms with E-state index in [1.54, 1.807) is 20.8 Å². The van der Waals surface area contributed by atoms with Crippen molar-refractivity contribution in [3.63, 3.8) is 0 Å². The van der Waals surface area contributed by atoms with E-state index < -0.39 is 0 Å². The number of morpholine rings is 1. The van der Waals surface area contributed by atoms with Crippen molar-refractivity contribution >= 4 is 39.2 Å². The van der Waals surface area contributed by atoms with Crippen molar-refractivity contribution in [3.05, 3.63) is 74.5 Å². The quantitative estimate of drug-likeness (QED) is 0.278. The Morgan fingerprint density at radius 2 is 1.89 bits per heavy atom. The number of aryl methyl sites for hydroxylation is 2. The van der Waals surface area contributed by atoms with Gasteiger partial charge in [0.2, 0.25) is 5.89 Å². The summed E-state index contributed by atoms with van der Waals surface area (Å²) in [6.07, 6.45) is 5.65. The van der Waals surface area contributed by atoms with Gasteiger partial charge in [-0.25, -0.2) is 9.97 Å². The molecule has 0 N–H and O–H groups in total. The van der Waals surface area contributed by atoms with E-state index in [1.165, 1.54) is 28.5 Å². The van der Waals surface area contributed by atoms with Crippen molar-refractivity contribution in [1.82, 2.24) is 19.4 Å². The van der Waals surface area contributed by atoms with E-state index in [-0.39, 0.29) is 11.5 Å². The summed E-state index contributed by atoms with van der Waals surface area (Å²) >= 11 is 3.06. The molecule has 0 radical (unpaired) electrons. The molecule has 1 aromatic carbocycles. The highest BCUT2D eigenvalue weighted by Crippen LogP contribution is 2.35. The van der Waals surface area contributed by atoms with Gasteiger partial charge in [-0.3, -0.25) is 14.2 Å². The van der Waals surface area contributed by atoms with E-state index in [0.717, 1.165) is 41.5 Å². The van der Waals surface area contributed by atoms with Crippen molar-refractivity contribution in [2.45, 2.75) is 43.1 Å². The predicted molar refractivity (Wildman–Crippen MR) is 139 cm³/mol. The minimum absolute atomic E-state index is 0.0151. The average molecular weight is 523 g/mol. The third kappa shape index (κ3) is 4.60. The number of hydrogen-bond donors (Lipinski definition) is 0. The molecule has 2 aliphatic rings. The molecule has 1 fully saturated rings. The van der Waals surface area contributed by atoms with Gasteiger partial charge >= 0.3 is 0 Å². The van der Waals surface area contributed by atoms with E-state index in [2.05, 4.69) is 4.98 Å². The lowest BCUT2D eigenvalue weighted by Gasteiger charge is -2.25. The highest BCUT2D eigenvalue weighted by atomic mass is 32.2. The number of nitrogens with zero attached hydrogens (tertiary/aromatic N) is 4. The Bertz CT molecular complexity index is 1450. The maximum atomic E-state index is 13.8. The minimum Gasteiger partial charge on any atom is -0.447 e.